The van der Waals surface area contributed by atoms with Crippen molar-refractivity contribution in [3.63, 3.8) is 0 Å². The number of carbonyl (C=O) groups is 3. The van der Waals surface area contributed by atoms with Gasteiger partial charge in [0.15, 0.2) is 0 Å². The molecule has 0 aromatic carbocycles. The van der Waals surface area contributed by atoms with E-state index >= 15 is 0 Å². The minimum absolute atomic E-state index is 0.0664. The Morgan fingerprint density at radius 1 is 0.774 bits per heavy atom. The molecule has 0 saturated carbocycles. The van der Waals surface area contributed by atoms with Gasteiger partial charge in [-0.2, -0.15) is 0 Å². The van der Waals surface area contributed by atoms with Gasteiger partial charge in [-0.15, -0.1) is 0 Å². The average Bonchev–Trinajstić information content (AvgIpc) is 2.74. The van der Waals surface area contributed by atoms with E-state index in [9.17, 15) is 14.4 Å². The van der Waals surface area contributed by atoms with Crippen LogP contribution in [0.15, 0.2) is 0 Å². The second kappa shape index (κ2) is 21.1. The highest BCUT2D eigenvalue weighted by atomic mass is 16.6. The third-order valence-electron chi connectivity index (χ3n) is 3.88. The lowest BCUT2D eigenvalue weighted by Crippen LogP contribution is -2.34. The molecule has 4 N–H and O–H groups in total. The number of hydrogen-bond acceptors (Lipinski definition) is 8. The molecule has 0 spiro atoms. The molecule has 11 nitrogen and oxygen atoms in total. The summed E-state index contributed by atoms with van der Waals surface area (Å²) in [5, 5.41) is 10.9. The standard InChI is InChI=1S/C20H40N4O7/c1-4-22-19(26)30-15-17(16-31-20(27)23-5-2)29-13-8-9-18(25)24-11-14-28-12-7-6-10-21-3/h17,21H,4-16H2,1-3H3,(H,22,26)(H,23,27)(H,24,25). The number of rotatable bonds is 19. The summed E-state index contributed by atoms with van der Waals surface area (Å²) in [5.74, 6) is -0.0870. The second-order valence-corrected chi connectivity index (χ2v) is 6.63. The molecular formula is C20H40N4O7. The van der Waals surface area contributed by atoms with Crippen LogP contribution in [0.25, 0.3) is 0 Å². The van der Waals surface area contributed by atoms with Gasteiger partial charge in [-0.05, 0) is 46.7 Å². The molecule has 0 fully saturated rings. The summed E-state index contributed by atoms with van der Waals surface area (Å²) in [6.45, 7) is 7.16. The van der Waals surface area contributed by atoms with Gasteiger partial charge in [-0.1, -0.05) is 0 Å². The van der Waals surface area contributed by atoms with E-state index < -0.39 is 18.3 Å². The number of alkyl carbamates (subject to hydrolysis) is 2. The van der Waals surface area contributed by atoms with Crippen LogP contribution in [0.5, 0.6) is 0 Å². The van der Waals surface area contributed by atoms with Gasteiger partial charge in [0, 0.05) is 39.3 Å². The zero-order valence-electron chi connectivity index (χ0n) is 19.1. The largest absolute Gasteiger partial charge is 0.447 e. The number of unbranched alkanes of at least 4 members (excludes halogenated alkanes) is 1. The normalized spacial score (nSPS) is 10.6. The Morgan fingerprint density at radius 2 is 1.42 bits per heavy atom. The Balaban J connectivity index is 3.97. The van der Waals surface area contributed by atoms with Crippen molar-refractivity contribution in [2.24, 2.45) is 0 Å². The molecule has 182 valence electrons. The van der Waals surface area contributed by atoms with Crippen LogP contribution in [0.4, 0.5) is 9.59 Å². The Labute approximate surface area is 185 Å². The Morgan fingerprint density at radius 3 is 2.00 bits per heavy atom. The van der Waals surface area contributed by atoms with E-state index in [1.54, 1.807) is 13.8 Å². The van der Waals surface area contributed by atoms with Gasteiger partial charge < -0.3 is 40.2 Å². The first-order valence-corrected chi connectivity index (χ1v) is 10.9. The van der Waals surface area contributed by atoms with Crippen molar-refractivity contribution < 1.29 is 33.3 Å². The molecule has 0 aromatic heterocycles. The average molecular weight is 449 g/mol. The van der Waals surface area contributed by atoms with Crippen LogP contribution in [0.3, 0.4) is 0 Å². The molecule has 0 heterocycles. The quantitative estimate of drug-likeness (QED) is 0.213. The van der Waals surface area contributed by atoms with Crippen LogP contribution >= 0.6 is 0 Å². The van der Waals surface area contributed by atoms with Gasteiger partial charge in [-0.25, -0.2) is 9.59 Å². The first-order valence-electron chi connectivity index (χ1n) is 10.9. The Hall–Kier alpha value is -2.11. The molecule has 0 unspecified atom stereocenters. The van der Waals surface area contributed by atoms with Gasteiger partial charge in [0.1, 0.15) is 19.3 Å². The fraction of sp³-hybridized carbons (Fsp3) is 0.850. The van der Waals surface area contributed by atoms with E-state index in [4.69, 9.17) is 18.9 Å². The van der Waals surface area contributed by atoms with Crippen molar-refractivity contribution >= 4 is 18.1 Å². The maximum absolute atomic E-state index is 11.8. The fourth-order valence-corrected chi connectivity index (χ4v) is 2.31. The SMILES string of the molecule is CCNC(=O)OCC(COC(=O)NCC)OCCCC(=O)NCCOCCCCNC. The minimum Gasteiger partial charge on any atom is -0.447 e. The van der Waals surface area contributed by atoms with Gasteiger partial charge in [-0.3, -0.25) is 4.79 Å². The highest BCUT2D eigenvalue weighted by Crippen LogP contribution is 2.00. The van der Waals surface area contributed by atoms with E-state index in [0.29, 0.717) is 45.7 Å². The van der Waals surface area contributed by atoms with E-state index in [2.05, 4.69) is 21.3 Å². The third kappa shape index (κ3) is 19.6. The second-order valence-electron chi connectivity index (χ2n) is 6.63. The summed E-state index contributed by atoms with van der Waals surface area (Å²) in [7, 11) is 1.92. The van der Waals surface area contributed by atoms with E-state index in [1.807, 2.05) is 7.05 Å². The number of ether oxygens (including phenoxy) is 4. The summed E-state index contributed by atoms with van der Waals surface area (Å²) >= 11 is 0. The molecular weight excluding hydrogens is 408 g/mol. The van der Waals surface area contributed by atoms with Gasteiger partial charge in [0.25, 0.3) is 0 Å². The van der Waals surface area contributed by atoms with Gasteiger partial charge >= 0.3 is 12.2 Å². The van der Waals surface area contributed by atoms with Crippen LogP contribution in [0, 0.1) is 0 Å². The lowest BCUT2D eigenvalue weighted by atomic mass is 10.3. The molecule has 0 saturated heterocycles. The van der Waals surface area contributed by atoms with E-state index in [-0.39, 0.29) is 25.7 Å². The molecule has 0 radical (unpaired) electrons. The van der Waals surface area contributed by atoms with Crippen LogP contribution in [-0.4, -0.2) is 90.5 Å². The molecule has 0 aromatic rings. The number of hydrogen-bond donors (Lipinski definition) is 4. The highest BCUT2D eigenvalue weighted by Gasteiger charge is 2.15. The smallest absolute Gasteiger partial charge is 0.407 e. The molecule has 0 aliphatic carbocycles. The van der Waals surface area contributed by atoms with E-state index in [1.165, 1.54) is 0 Å². The summed E-state index contributed by atoms with van der Waals surface area (Å²) in [6.07, 6.45) is 1.06. The summed E-state index contributed by atoms with van der Waals surface area (Å²) in [4.78, 5) is 34.7. The van der Waals surface area contributed by atoms with Crippen molar-refractivity contribution in [3.05, 3.63) is 0 Å². The van der Waals surface area contributed by atoms with Crippen LogP contribution < -0.4 is 21.3 Å². The summed E-state index contributed by atoms with van der Waals surface area (Å²) in [5.41, 5.74) is 0. The predicted octanol–water partition coefficient (Wildman–Crippen LogP) is 0.776. The van der Waals surface area contributed by atoms with Crippen molar-refractivity contribution in [1.82, 2.24) is 21.3 Å². The predicted molar refractivity (Wildman–Crippen MR) is 116 cm³/mol. The zero-order chi connectivity index (χ0) is 23.2. The molecule has 3 amide bonds. The van der Waals surface area contributed by atoms with Crippen LogP contribution in [0.2, 0.25) is 0 Å². The van der Waals surface area contributed by atoms with Crippen molar-refractivity contribution in [2.45, 2.75) is 45.6 Å². The number of amides is 3. The summed E-state index contributed by atoms with van der Waals surface area (Å²) < 4.78 is 21.2. The molecule has 0 atom stereocenters. The van der Waals surface area contributed by atoms with E-state index in [0.717, 1.165) is 19.4 Å². The lowest BCUT2D eigenvalue weighted by Gasteiger charge is -2.18. The Bertz CT molecular complexity index is 458. The topological polar surface area (TPSA) is 136 Å². The maximum atomic E-state index is 11.8. The first-order chi connectivity index (χ1) is 15.0. The van der Waals surface area contributed by atoms with Crippen molar-refractivity contribution in [2.75, 3.05) is 66.3 Å². The fourth-order valence-electron chi connectivity index (χ4n) is 2.31. The minimum atomic E-state index is -0.621. The van der Waals surface area contributed by atoms with Gasteiger partial charge in [0.2, 0.25) is 5.91 Å². The molecule has 0 aliphatic rings. The number of carbonyl (C=O) groups excluding carboxylic acids is 3. The third-order valence-corrected chi connectivity index (χ3v) is 3.88. The number of nitrogens with one attached hydrogen (secondary N) is 4. The molecule has 11 heteroatoms. The van der Waals surface area contributed by atoms with Crippen LogP contribution in [-0.2, 0) is 23.7 Å². The molecule has 0 rings (SSSR count). The monoisotopic (exact) mass is 448 g/mol. The molecule has 31 heavy (non-hydrogen) atoms. The van der Waals surface area contributed by atoms with Crippen LogP contribution in [0.1, 0.15) is 39.5 Å². The zero-order valence-corrected chi connectivity index (χ0v) is 19.1. The van der Waals surface area contributed by atoms with Gasteiger partial charge in [0.05, 0.1) is 6.61 Å². The molecule has 0 bridgehead atoms. The first kappa shape index (κ1) is 28.9. The lowest BCUT2D eigenvalue weighted by molar-refractivity contribution is -0.121. The van der Waals surface area contributed by atoms with Crippen molar-refractivity contribution in [1.29, 1.82) is 0 Å². The maximum Gasteiger partial charge on any atom is 0.407 e. The van der Waals surface area contributed by atoms with Crippen molar-refractivity contribution in [3.8, 4) is 0 Å². The summed E-state index contributed by atoms with van der Waals surface area (Å²) in [6, 6.07) is 0. The highest BCUT2D eigenvalue weighted by molar-refractivity contribution is 5.75. The molecule has 0 aliphatic heterocycles. The Kier molecular flexibility index (Phi) is 19.7.